The van der Waals surface area contributed by atoms with E-state index in [2.05, 4.69) is 5.32 Å². The molecule has 1 aromatic rings. The van der Waals surface area contributed by atoms with Crippen molar-refractivity contribution >= 4 is 41.0 Å². The Kier molecular flexibility index (Phi) is 4.77. The average Bonchev–Trinajstić information content (AvgIpc) is 2.79. The first-order chi connectivity index (χ1) is 9.29. The Hall–Kier alpha value is -0.580. The van der Waals surface area contributed by atoms with Crippen LogP contribution in [0, 0.1) is 0 Å². The SMILES string of the molecule is CC(C)(C)NC(=O)N1CCSC1c1cccc(Cl)c1Cl. The number of carbonyl (C=O) groups is 1. The summed E-state index contributed by atoms with van der Waals surface area (Å²) in [5.74, 6) is 0.894. The van der Waals surface area contributed by atoms with Crippen molar-refractivity contribution in [3.05, 3.63) is 33.8 Å². The number of nitrogens with one attached hydrogen (secondary N) is 1. The van der Waals surface area contributed by atoms with E-state index in [1.54, 1.807) is 17.8 Å². The standard InChI is InChI=1S/C14H18Cl2N2OS/c1-14(2,3)17-13(19)18-7-8-20-12(18)9-5-4-6-10(15)11(9)16/h4-6,12H,7-8H2,1-3H3,(H,17,19). The van der Waals surface area contributed by atoms with E-state index in [9.17, 15) is 4.79 Å². The Bertz CT molecular complexity index is 516. The number of urea groups is 1. The van der Waals surface area contributed by atoms with Gasteiger partial charge in [-0.25, -0.2) is 4.79 Å². The molecule has 20 heavy (non-hydrogen) atoms. The Morgan fingerprint density at radius 1 is 1.40 bits per heavy atom. The van der Waals surface area contributed by atoms with Crippen LogP contribution in [0.3, 0.4) is 0 Å². The largest absolute Gasteiger partial charge is 0.333 e. The van der Waals surface area contributed by atoms with Crippen LogP contribution in [-0.2, 0) is 0 Å². The molecule has 2 rings (SSSR count). The number of nitrogens with zero attached hydrogens (tertiary/aromatic N) is 1. The third-order valence-electron chi connectivity index (χ3n) is 2.88. The van der Waals surface area contributed by atoms with E-state index >= 15 is 0 Å². The van der Waals surface area contributed by atoms with E-state index in [0.29, 0.717) is 16.6 Å². The molecule has 1 N–H and O–H groups in total. The van der Waals surface area contributed by atoms with Crippen LogP contribution in [0.15, 0.2) is 18.2 Å². The summed E-state index contributed by atoms with van der Waals surface area (Å²) >= 11 is 14.0. The van der Waals surface area contributed by atoms with Crippen molar-refractivity contribution < 1.29 is 4.79 Å². The molecule has 1 aliphatic rings. The molecule has 0 radical (unpaired) electrons. The number of benzene rings is 1. The summed E-state index contributed by atoms with van der Waals surface area (Å²) in [7, 11) is 0. The van der Waals surface area contributed by atoms with Gasteiger partial charge in [-0.15, -0.1) is 11.8 Å². The Balaban J connectivity index is 2.23. The smallest absolute Gasteiger partial charge is 0.319 e. The van der Waals surface area contributed by atoms with Gasteiger partial charge in [-0.05, 0) is 26.8 Å². The summed E-state index contributed by atoms with van der Waals surface area (Å²) in [5.41, 5.74) is 0.637. The number of hydrogen-bond acceptors (Lipinski definition) is 2. The van der Waals surface area contributed by atoms with Gasteiger partial charge in [0.2, 0.25) is 0 Å². The van der Waals surface area contributed by atoms with Crippen molar-refractivity contribution in [3.63, 3.8) is 0 Å². The molecule has 1 aliphatic heterocycles. The first-order valence-electron chi connectivity index (χ1n) is 6.44. The molecule has 1 heterocycles. The third-order valence-corrected chi connectivity index (χ3v) is 4.96. The molecule has 1 unspecified atom stereocenters. The quantitative estimate of drug-likeness (QED) is 0.818. The molecule has 1 saturated heterocycles. The molecule has 0 spiro atoms. The predicted octanol–water partition coefficient (Wildman–Crippen LogP) is 4.55. The summed E-state index contributed by atoms with van der Waals surface area (Å²) in [6.45, 7) is 6.61. The molecule has 1 fully saturated rings. The van der Waals surface area contributed by atoms with Crippen molar-refractivity contribution in [2.75, 3.05) is 12.3 Å². The van der Waals surface area contributed by atoms with Gasteiger partial charge in [-0.1, -0.05) is 35.3 Å². The minimum atomic E-state index is -0.257. The summed E-state index contributed by atoms with van der Waals surface area (Å²) in [6, 6.07) is 5.48. The molecular weight excluding hydrogens is 315 g/mol. The fourth-order valence-electron chi connectivity index (χ4n) is 2.04. The number of halogens is 2. The monoisotopic (exact) mass is 332 g/mol. The highest BCUT2D eigenvalue weighted by Crippen LogP contribution is 2.42. The maximum atomic E-state index is 12.4. The molecular formula is C14H18Cl2N2OS. The van der Waals surface area contributed by atoms with Gasteiger partial charge in [-0.2, -0.15) is 0 Å². The molecule has 3 nitrogen and oxygen atoms in total. The maximum absolute atomic E-state index is 12.4. The van der Waals surface area contributed by atoms with Crippen LogP contribution >= 0.6 is 35.0 Å². The van der Waals surface area contributed by atoms with E-state index in [0.717, 1.165) is 11.3 Å². The van der Waals surface area contributed by atoms with Crippen molar-refractivity contribution in [2.45, 2.75) is 31.7 Å². The highest BCUT2D eigenvalue weighted by atomic mass is 35.5. The van der Waals surface area contributed by atoms with Gasteiger partial charge in [0.15, 0.2) is 0 Å². The molecule has 2 amide bonds. The molecule has 6 heteroatoms. The van der Waals surface area contributed by atoms with Gasteiger partial charge in [0.05, 0.1) is 10.0 Å². The van der Waals surface area contributed by atoms with Crippen molar-refractivity contribution in [1.29, 1.82) is 0 Å². The lowest BCUT2D eigenvalue weighted by molar-refractivity contribution is 0.191. The van der Waals surface area contributed by atoms with Crippen LogP contribution in [-0.4, -0.2) is 28.8 Å². The third kappa shape index (κ3) is 3.54. The molecule has 1 aromatic carbocycles. The van der Waals surface area contributed by atoms with Crippen molar-refractivity contribution in [2.24, 2.45) is 0 Å². The Morgan fingerprint density at radius 2 is 2.10 bits per heavy atom. The average molecular weight is 333 g/mol. The molecule has 0 bridgehead atoms. The minimum Gasteiger partial charge on any atom is -0.333 e. The second-order valence-electron chi connectivity index (χ2n) is 5.74. The van der Waals surface area contributed by atoms with Gasteiger partial charge in [-0.3, -0.25) is 0 Å². The van der Waals surface area contributed by atoms with Gasteiger partial charge < -0.3 is 10.2 Å². The number of thioether (sulfide) groups is 1. The molecule has 0 aliphatic carbocycles. The predicted molar refractivity (Wildman–Crippen MR) is 86.7 cm³/mol. The molecule has 1 atom stereocenters. The van der Waals surface area contributed by atoms with Crippen LogP contribution in [0.2, 0.25) is 10.0 Å². The summed E-state index contributed by atoms with van der Waals surface area (Å²) in [5, 5.41) is 3.96. The van der Waals surface area contributed by atoms with E-state index in [-0.39, 0.29) is 16.9 Å². The fourth-order valence-corrected chi connectivity index (χ4v) is 3.80. The number of rotatable bonds is 1. The zero-order valence-electron chi connectivity index (χ0n) is 11.7. The van der Waals surface area contributed by atoms with Crippen LogP contribution in [0.5, 0.6) is 0 Å². The van der Waals surface area contributed by atoms with Crippen LogP contribution in [0.25, 0.3) is 0 Å². The Morgan fingerprint density at radius 3 is 2.75 bits per heavy atom. The van der Waals surface area contributed by atoms with Gasteiger partial charge in [0.1, 0.15) is 5.37 Å². The summed E-state index contributed by atoms with van der Waals surface area (Å²) < 4.78 is 0. The minimum absolute atomic E-state index is 0.0662. The maximum Gasteiger partial charge on any atom is 0.319 e. The van der Waals surface area contributed by atoms with Gasteiger partial charge in [0.25, 0.3) is 0 Å². The van der Waals surface area contributed by atoms with Crippen molar-refractivity contribution in [3.8, 4) is 0 Å². The number of amides is 2. The van der Waals surface area contributed by atoms with E-state index in [4.69, 9.17) is 23.2 Å². The highest BCUT2D eigenvalue weighted by molar-refractivity contribution is 7.99. The number of hydrogen-bond donors (Lipinski definition) is 1. The second kappa shape index (κ2) is 6.04. The normalized spacial score (nSPS) is 19.2. The topological polar surface area (TPSA) is 32.3 Å². The fraction of sp³-hybridized carbons (Fsp3) is 0.500. The second-order valence-corrected chi connectivity index (χ2v) is 7.71. The lowest BCUT2D eigenvalue weighted by atomic mass is 10.1. The van der Waals surface area contributed by atoms with Gasteiger partial charge >= 0.3 is 6.03 Å². The zero-order valence-corrected chi connectivity index (χ0v) is 14.1. The van der Waals surface area contributed by atoms with Gasteiger partial charge in [0, 0.05) is 23.4 Å². The molecule has 110 valence electrons. The Labute approximate surface area is 134 Å². The van der Waals surface area contributed by atoms with E-state index < -0.39 is 0 Å². The molecule has 0 aromatic heterocycles. The first kappa shape index (κ1) is 15.8. The molecule has 0 saturated carbocycles. The zero-order chi connectivity index (χ0) is 14.9. The number of carbonyl (C=O) groups excluding carboxylic acids is 1. The van der Waals surface area contributed by atoms with E-state index in [1.807, 2.05) is 37.8 Å². The van der Waals surface area contributed by atoms with Crippen LogP contribution in [0.4, 0.5) is 4.79 Å². The van der Waals surface area contributed by atoms with Crippen LogP contribution < -0.4 is 5.32 Å². The van der Waals surface area contributed by atoms with E-state index in [1.165, 1.54) is 0 Å². The highest BCUT2D eigenvalue weighted by Gasteiger charge is 2.33. The lowest BCUT2D eigenvalue weighted by Gasteiger charge is -2.29. The summed E-state index contributed by atoms with van der Waals surface area (Å²) in [4.78, 5) is 14.2. The first-order valence-corrected chi connectivity index (χ1v) is 8.24. The van der Waals surface area contributed by atoms with Crippen molar-refractivity contribution in [1.82, 2.24) is 10.2 Å². The lowest BCUT2D eigenvalue weighted by Crippen LogP contribution is -2.48. The summed E-state index contributed by atoms with van der Waals surface area (Å²) in [6.07, 6.45) is 0. The van der Waals surface area contributed by atoms with Crippen LogP contribution in [0.1, 0.15) is 31.7 Å².